The summed E-state index contributed by atoms with van der Waals surface area (Å²) in [5.74, 6) is -0.442. The summed E-state index contributed by atoms with van der Waals surface area (Å²) in [7, 11) is 1.32. The molecule has 1 rings (SSSR count). The van der Waals surface area contributed by atoms with E-state index in [0.717, 1.165) is 5.03 Å². The van der Waals surface area contributed by atoms with Gasteiger partial charge in [-0.05, 0) is 12.3 Å². The molecule has 0 atom stereocenters. The first-order chi connectivity index (χ1) is 6.19. The molecule has 0 saturated carbocycles. The van der Waals surface area contributed by atoms with Gasteiger partial charge < -0.3 is 4.74 Å². The SMILES string of the molecule is COC(=O)c1cc(SC)ncc1Cl. The predicted octanol–water partition coefficient (Wildman–Crippen LogP) is 2.24. The lowest BCUT2D eigenvalue weighted by molar-refractivity contribution is 0.0600. The van der Waals surface area contributed by atoms with Crippen molar-refractivity contribution in [2.75, 3.05) is 13.4 Å². The van der Waals surface area contributed by atoms with Gasteiger partial charge >= 0.3 is 5.97 Å². The number of rotatable bonds is 2. The first kappa shape index (κ1) is 10.3. The van der Waals surface area contributed by atoms with Gasteiger partial charge in [0.25, 0.3) is 0 Å². The summed E-state index contributed by atoms with van der Waals surface area (Å²) in [5.41, 5.74) is 0.350. The molecule has 1 aromatic rings. The van der Waals surface area contributed by atoms with Crippen LogP contribution in [0.5, 0.6) is 0 Å². The highest BCUT2D eigenvalue weighted by Gasteiger charge is 2.11. The van der Waals surface area contributed by atoms with Crippen LogP contribution >= 0.6 is 23.4 Å². The number of hydrogen-bond donors (Lipinski definition) is 0. The van der Waals surface area contributed by atoms with Crippen LogP contribution in [0.2, 0.25) is 5.02 Å². The number of nitrogens with zero attached hydrogens (tertiary/aromatic N) is 1. The van der Waals surface area contributed by atoms with Crippen molar-refractivity contribution >= 4 is 29.3 Å². The van der Waals surface area contributed by atoms with E-state index >= 15 is 0 Å². The number of aromatic nitrogens is 1. The highest BCUT2D eigenvalue weighted by molar-refractivity contribution is 7.98. The van der Waals surface area contributed by atoms with Gasteiger partial charge in [-0.1, -0.05) is 11.6 Å². The number of thioether (sulfide) groups is 1. The Labute approximate surface area is 85.4 Å². The van der Waals surface area contributed by atoms with E-state index in [2.05, 4.69) is 9.72 Å². The van der Waals surface area contributed by atoms with Gasteiger partial charge in [0, 0.05) is 6.20 Å². The van der Waals surface area contributed by atoms with Gasteiger partial charge in [0.05, 0.1) is 22.7 Å². The van der Waals surface area contributed by atoms with Crippen molar-refractivity contribution in [2.45, 2.75) is 5.03 Å². The Bertz CT molecular complexity index is 330. The van der Waals surface area contributed by atoms with Gasteiger partial charge in [-0.25, -0.2) is 9.78 Å². The van der Waals surface area contributed by atoms with Crippen LogP contribution in [0.1, 0.15) is 10.4 Å². The second-order valence-corrected chi connectivity index (χ2v) is 3.43. The van der Waals surface area contributed by atoms with Crippen molar-refractivity contribution in [3.05, 3.63) is 22.8 Å². The number of esters is 1. The van der Waals surface area contributed by atoms with E-state index in [1.165, 1.54) is 25.1 Å². The lowest BCUT2D eigenvalue weighted by Gasteiger charge is -2.02. The van der Waals surface area contributed by atoms with E-state index in [-0.39, 0.29) is 0 Å². The maximum atomic E-state index is 11.2. The Kier molecular flexibility index (Phi) is 3.57. The Morgan fingerprint density at radius 1 is 1.69 bits per heavy atom. The fourth-order valence-corrected chi connectivity index (χ4v) is 1.37. The van der Waals surface area contributed by atoms with Crippen molar-refractivity contribution in [1.82, 2.24) is 4.98 Å². The largest absolute Gasteiger partial charge is 0.465 e. The van der Waals surface area contributed by atoms with Crippen LogP contribution in [-0.2, 0) is 4.74 Å². The third-order valence-corrected chi connectivity index (χ3v) is 2.39. The van der Waals surface area contributed by atoms with Crippen molar-refractivity contribution in [3.63, 3.8) is 0 Å². The molecular formula is C8H8ClNO2S. The molecular weight excluding hydrogens is 210 g/mol. The van der Waals surface area contributed by atoms with Gasteiger partial charge in [0.1, 0.15) is 0 Å². The quantitative estimate of drug-likeness (QED) is 0.563. The summed E-state index contributed by atoms with van der Waals surface area (Å²) in [6.07, 6.45) is 3.32. The zero-order chi connectivity index (χ0) is 9.84. The normalized spacial score (nSPS) is 9.77. The number of halogens is 1. The van der Waals surface area contributed by atoms with E-state index in [1.807, 2.05) is 6.26 Å². The van der Waals surface area contributed by atoms with Crippen LogP contribution in [0.3, 0.4) is 0 Å². The summed E-state index contributed by atoms with van der Waals surface area (Å²) in [6.45, 7) is 0. The molecule has 0 unspecified atom stereocenters. The molecule has 13 heavy (non-hydrogen) atoms. The van der Waals surface area contributed by atoms with Gasteiger partial charge in [-0.3, -0.25) is 0 Å². The Morgan fingerprint density at radius 2 is 2.38 bits per heavy atom. The minimum Gasteiger partial charge on any atom is -0.465 e. The van der Waals surface area contributed by atoms with Crippen molar-refractivity contribution < 1.29 is 9.53 Å². The third-order valence-electron chi connectivity index (χ3n) is 1.44. The van der Waals surface area contributed by atoms with Gasteiger partial charge in [-0.15, -0.1) is 11.8 Å². The number of pyridine rings is 1. The van der Waals surface area contributed by atoms with E-state index in [0.29, 0.717) is 10.6 Å². The number of ether oxygens (including phenoxy) is 1. The van der Waals surface area contributed by atoms with Crippen molar-refractivity contribution in [1.29, 1.82) is 0 Å². The maximum absolute atomic E-state index is 11.2. The van der Waals surface area contributed by atoms with Crippen LogP contribution in [0, 0.1) is 0 Å². The fourth-order valence-electron chi connectivity index (χ4n) is 0.798. The second-order valence-electron chi connectivity index (χ2n) is 2.20. The molecule has 0 aromatic carbocycles. The monoisotopic (exact) mass is 217 g/mol. The summed E-state index contributed by atoms with van der Waals surface area (Å²) in [6, 6.07) is 1.61. The topological polar surface area (TPSA) is 39.2 Å². The first-order valence-corrected chi connectivity index (χ1v) is 5.07. The average molecular weight is 218 g/mol. The van der Waals surface area contributed by atoms with E-state index in [4.69, 9.17) is 11.6 Å². The Morgan fingerprint density at radius 3 is 2.92 bits per heavy atom. The van der Waals surface area contributed by atoms with Crippen molar-refractivity contribution in [2.24, 2.45) is 0 Å². The molecule has 0 bridgehead atoms. The second kappa shape index (κ2) is 4.48. The minimum absolute atomic E-state index is 0.310. The summed E-state index contributed by atoms with van der Waals surface area (Å²) >= 11 is 7.20. The highest BCUT2D eigenvalue weighted by atomic mass is 35.5. The molecule has 0 spiro atoms. The molecule has 0 saturated heterocycles. The molecule has 0 N–H and O–H groups in total. The van der Waals surface area contributed by atoms with Gasteiger partial charge in [0.15, 0.2) is 0 Å². The fraction of sp³-hybridized carbons (Fsp3) is 0.250. The smallest absolute Gasteiger partial charge is 0.339 e. The Balaban J connectivity index is 3.11. The standard InChI is InChI=1S/C8H8ClNO2S/c1-12-8(11)5-3-7(13-2)10-4-6(5)9/h3-4H,1-2H3. The van der Waals surface area contributed by atoms with Gasteiger partial charge in [-0.2, -0.15) is 0 Å². The molecule has 0 radical (unpaired) electrons. The minimum atomic E-state index is -0.442. The summed E-state index contributed by atoms with van der Waals surface area (Å²) < 4.78 is 4.56. The number of carbonyl (C=O) groups excluding carboxylic acids is 1. The van der Waals surface area contributed by atoms with E-state index in [1.54, 1.807) is 6.07 Å². The molecule has 0 amide bonds. The molecule has 70 valence electrons. The van der Waals surface area contributed by atoms with E-state index in [9.17, 15) is 4.79 Å². The van der Waals surface area contributed by atoms with Crippen LogP contribution in [0.15, 0.2) is 17.3 Å². The van der Waals surface area contributed by atoms with Crippen molar-refractivity contribution in [3.8, 4) is 0 Å². The maximum Gasteiger partial charge on any atom is 0.339 e. The number of carbonyl (C=O) groups is 1. The van der Waals surface area contributed by atoms with Crippen LogP contribution < -0.4 is 0 Å². The van der Waals surface area contributed by atoms with Crippen LogP contribution in [-0.4, -0.2) is 24.3 Å². The lowest BCUT2D eigenvalue weighted by Crippen LogP contribution is -2.02. The molecule has 5 heteroatoms. The van der Waals surface area contributed by atoms with Crippen LogP contribution in [0.25, 0.3) is 0 Å². The first-order valence-electron chi connectivity index (χ1n) is 3.47. The molecule has 0 fully saturated rings. The Hall–Kier alpha value is -0.740. The highest BCUT2D eigenvalue weighted by Crippen LogP contribution is 2.20. The molecule has 1 heterocycles. The number of methoxy groups -OCH3 is 1. The zero-order valence-electron chi connectivity index (χ0n) is 7.20. The molecule has 3 nitrogen and oxygen atoms in total. The summed E-state index contributed by atoms with van der Waals surface area (Å²) in [4.78, 5) is 15.2. The average Bonchev–Trinajstić information content (AvgIpc) is 2.17. The predicted molar refractivity (Wildman–Crippen MR) is 52.4 cm³/mol. The zero-order valence-corrected chi connectivity index (χ0v) is 8.78. The molecule has 0 aliphatic heterocycles. The van der Waals surface area contributed by atoms with Crippen LogP contribution in [0.4, 0.5) is 0 Å². The third kappa shape index (κ3) is 2.35. The van der Waals surface area contributed by atoms with Gasteiger partial charge in [0.2, 0.25) is 0 Å². The van der Waals surface area contributed by atoms with E-state index < -0.39 is 5.97 Å². The number of hydrogen-bond acceptors (Lipinski definition) is 4. The molecule has 1 aromatic heterocycles. The summed E-state index contributed by atoms with van der Waals surface area (Å²) in [5, 5.41) is 1.05. The lowest BCUT2D eigenvalue weighted by atomic mass is 10.3. The molecule has 0 aliphatic rings. The molecule has 0 aliphatic carbocycles.